The van der Waals surface area contributed by atoms with E-state index in [0.717, 1.165) is 12.0 Å². The molecule has 16 heavy (non-hydrogen) atoms. The zero-order valence-corrected chi connectivity index (χ0v) is 9.14. The second kappa shape index (κ2) is 4.68. The Morgan fingerprint density at radius 2 is 2.00 bits per heavy atom. The predicted molar refractivity (Wildman–Crippen MR) is 55.5 cm³/mol. The van der Waals surface area contributed by atoms with Crippen LogP contribution in [-0.2, 0) is 0 Å². The van der Waals surface area contributed by atoms with Gasteiger partial charge in [-0.15, -0.1) is 0 Å². The fourth-order valence-electron chi connectivity index (χ4n) is 1.39. The van der Waals surface area contributed by atoms with E-state index in [1.54, 1.807) is 6.07 Å². The maximum atomic E-state index is 12.2. The first kappa shape index (κ1) is 12.7. The number of hydrogen-bond acceptors (Lipinski definition) is 1. The van der Waals surface area contributed by atoms with Crippen LogP contribution in [0.5, 0.6) is 0 Å². The lowest BCUT2D eigenvalue weighted by atomic mass is 9.96. The number of rotatable bonds is 3. The molecule has 0 aliphatic heterocycles. The molecule has 1 nitrogen and oxygen atoms in total. The van der Waals surface area contributed by atoms with Gasteiger partial charge in [-0.1, -0.05) is 32.0 Å². The van der Waals surface area contributed by atoms with Gasteiger partial charge in [-0.2, -0.15) is 13.2 Å². The predicted octanol–water partition coefficient (Wildman–Crippen LogP) is 3.95. The highest BCUT2D eigenvalue weighted by atomic mass is 19.4. The van der Waals surface area contributed by atoms with Crippen molar-refractivity contribution in [1.82, 2.24) is 0 Å². The summed E-state index contributed by atoms with van der Waals surface area (Å²) in [7, 11) is 0. The first-order valence-corrected chi connectivity index (χ1v) is 5.07. The molecule has 0 radical (unpaired) electrons. The Kier molecular flexibility index (Phi) is 3.73. The van der Waals surface area contributed by atoms with Gasteiger partial charge in [-0.05, 0) is 24.0 Å². The third-order valence-electron chi connectivity index (χ3n) is 2.59. The van der Waals surface area contributed by atoms with Gasteiger partial charge in [0.15, 0.2) is 0 Å². The first-order chi connectivity index (χ1) is 7.36. The highest BCUT2D eigenvalue weighted by molar-refractivity contribution is 6.00. The van der Waals surface area contributed by atoms with Crippen molar-refractivity contribution in [3.63, 3.8) is 0 Å². The van der Waals surface area contributed by atoms with Crippen LogP contribution < -0.4 is 0 Å². The van der Waals surface area contributed by atoms with Gasteiger partial charge in [0.25, 0.3) is 5.78 Å². The maximum Gasteiger partial charge on any atom is 0.454 e. The third-order valence-corrected chi connectivity index (χ3v) is 2.59. The second-order valence-electron chi connectivity index (χ2n) is 3.76. The van der Waals surface area contributed by atoms with Crippen LogP contribution in [0.1, 0.15) is 42.1 Å². The van der Waals surface area contributed by atoms with E-state index in [1.165, 1.54) is 18.2 Å². The fourth-order valence-corrected chi connectivity index (χ4v) is 1.39. The van der Waals surface area contributed by atoms with Crippen molar-refractivity contribution in [2.75, 3.05) is 0 Å². The molecule has 4 heteroatoms. The van der Waals surface area contributed by atoms with Crippen LogP contribution in [0.2, 0.25) is 0 Å². The molecule has 0 saturated carbocycles. The molecular weight excluding hydrogens is 217 g/mol. The van der Waals surface area contributed by atoms with Gasteiger partial charge in [-0.25, -0.2) is 0 Å². The molecule has 1 aromatic rings. The van der Waals surface area contributed by atoms with Crippen LogP contribution in [0.4, 0.5) is 13.2 Å². The van der Waals surface area contributed by atoms with Crippen molar-refractivity contribution in [3.8, 4) is 0 Å². The van der Waals surface area contributed by atoms with Crippen molar-refractivity contribution >= 4 is 5.78 Å². The number of carbonyl (C=O) groups is 1. The summed E-state index contributed by atoms with van der Waals surface area (Å²) < 4.78 is 36.6. The summed E-state index contributed by atoms with van der Waals surface area (Å²) in [5, 5.41) is 0. The quantitative estimate of drug-likeness (QED) is 0.718. The number of hydrogen-bond donors (Lipinski definition) is 0. The molecule has 0 amide bonds. The monoisotopic (exact) mass is 230 g/mol. The van der Waals surface area contributed by atoms with E-state index in [1.807, 2.05) is 13.8 Å². The van der Waals surface area contributed by atoms with Crippen molar-refractivity contribution in [2.45, 2.75) is 32.4 Å². The van der Waals surface area contributed by atoms with Gasteiger partial charge in [-0.3, -0.25) is 4.79 Å². The van der Waals surface area contributed by atoms with Gasteiger partial charge in [0, 0.05) is 5.56 Å². The number of benzene rings is 1. The largest absolute Gasteiger partial charge is 0.454 e. The van der Waals surface area contributed by atoms with Crippen molar-refractivity contribution in [3.05, 3.63) is 35.4 Å². The molecule has 0 aliphatic carbocycles. The Bertz CT molecular complexity index is 382. The van der Waals surface area contributed by atoms with Gasteiger partial charge >= 0.3 is 6.18 Å². The van der Waals surface area contributed by atoms with E-state index in [0.29, 0.717) is 0 Å². The smallest absolute Gasteiger partial charge is 0.284 e. The van der Waals surface area contributed by atoms with E-state index in [9.17, 15) is 18.0 Å². The third kappa shape index (κ3) is 2.84. The number of halogens is 3. The van der Waals surface area contributed by atoms with Gasteiger partial charge < -0.3 is 0 Å². The minimum atomic E-state index is -4.80. The Morgan fingerprint density at radius 1 is 1.38 bits per heavy atom. The van der Waals surface area contributed by atoms with Crippen LogP contribution in [0.15, 0.2) is 24.3 Å². The lowest BCUT2D eigenvalue weighted by Gasteiger charge is -2.11. The lowest BCUT2D eigenvalue weighted by molar-refractivity contribution is -0.0885. The summed E-state index contributed by atoms with van der Waals surface area (Å²) in [6.45, 7) is 3.86. The van der Waals surface area contributed by atoms with Crippen LogP contribution >= 0.6 is 0 Å². The molecule has 0 aromatic heterocycles. The molecule has 0 N–H and O–H groups in total. The standard InChI is InChI=1S/C12H13F3O/c1-3-8(2)9-5-4-6-10(7-9)11(16)12(13,14)15/h4-8H,3H2,1-2H3. The molecule has 1 aromatic carbocycles. The van der Waals surface area contributed by atoms with E-state index in [2.05, 4.69) is 0 Å². The molecule has 1 unspecified atom stereocenters. The Labute approximate surface area is 92.3 Å². The summed E-state index contributed by atoms with van der Waals surface area (Å²) in [5.74, 6) is -1.63. The highest BCUT2D eigenvalue weighted by Crippen LogP contribution is 2.24. The summed E-state index contributed by atoms with van der Waals surface area (Å²) >= 11 is 0. The van der Waals surface area contributed by atoms with E-state index >= 15 is 0 Å². The second-order valence-corrected chi connectivity index (χ2v) is 3.76. The number of Topliss-reactive ketones (excluding diaryl/α,β-unsaturated/α-hetero) is 1. The van der Waals surface area contributed by atoms with E-state index in [4.69, 9.17) is 0 Å². The Hall–Kier alpha value is -1.32. The topological polar surface area (TPSA) is 17.1 Å². The number of ketones is 1. The molecule has 0 spiro atoms. The summed E-state index contributed by atoms with van der Waals surface area (Å²) in [6, 6.07) is 5.74. The van der Waals surface area contributed by atoms with Crippen LogP contribution in [0.3, 0.4) is 0 Å². The average Bonchev–Trinajstić information content (AvgIpc) is 2.26. The van der Waals surface area contributed by atoms with Crippen molar-refractivity contribution in [1.29, 1.82) is 0 Å². The summed E-state index contributed by atoms with van der Waals surface area (Å²) in [5.41, 5.74) is 0.475. The Balaban J connectivity index is 3.04. The van der Waals surface area contributed by atoms with E-state index in [-0.39, 0.29) is 11.5 Å². The molecule has 0 saturated heterocycles. The first-order valence-electron chi connectivity index (χ1n) is 5.07. The molecule has 88 valence electrons. The highest BCUT2D eigenvalue weighted by Gasteiger charge is 2.39. The molecular formula is C12H13F3O. The minimum Gasteiger partial charge on any atom is -0.284 e. The lowest BCUT2D eigenvalue weighted by Crippen LogP contribution is -2.22. The Morgan fingerprint density at radius 3 is 2.50 bits per heavy atom. The van der Waals surface area contributed by atoms with Crippen molar-refractivity contribution in [2.24, 2.45) is 0 Å². The minimum absolute atomic E-state index is 0.154. The molecule has 0 fully saturated rings. The fraction of sp³-hybridized carbons (Fsp3) is 0.417. The molecule has 0 heterocycles. The molecule has 1 atom stereocenters. The normalized spacial score (nSPS) is 13.6. The molecule has 0 aliphatic rings. The zero-order valence-electron chi connectivity index (χ0n) is 9.14. The number of carbonyl (C=O) groups excluding carboxylic acids is 1. The van der Waals surface area contributed by atoms with E-state index < -0.39 is 12.0 Å². The maximum absolute atomic E-state index is 12.2. The van der Waals surface area contributed by atoms with Crippen LogP contribution in [0, 0.1) is 0 Å². The van der Waals surface area contributed by atoms with Crippen LogP contribution in [-0.4, -0.2) is 12.0 Å². The average molecular weight is 230 g/mol. The SMILES string of the molecule is CCC(C)c1cccc(C(=O)C(F)(F)F)c1. The molecule has 0 bridgehead atoms. The number of alkyl halides is 3. The van der Waals surface area contributed by atoms with Gasteiger partial charge in [0.05, 0.1) is 0 Å². The summed E-state index contributed by atoms with van der Waals surface area (Å²) in [4.78, 5) is 11.0. The zero-order chi connectivity index (χ0) is 12.3. The molecule has 1 rings (SSSR count). The van der Waals surface area contributed by atoms with Gasteiger partial charge in [0.2, 0.25) is 0 Å². The summed E-state index contributed by atoms with van der Waals surface area (Å²) in [6.07, 6.45) is -3.97. The van der Waals surface area contributed by atoms with Crippen molar-refractivity contribution < 1.29 is 18.0 Å². The van der Waals surface area contributed by atoms with Crippen LogP contribution in [0.25, 0.3) is 0 Å². The van der Waals surface area contributed by atoms with Gasteiger partial charge in [0.1, 0.15) is 0 Å².